The lowest BCUT2D eigenvalue weighted by Crippen LogP contribution is -1.78. The summed E-state index contributed by atoms with van der Waals surface area (Å²) < 4.78 is 0. The van der Waals surface area contributed by atoms with Gasteiger partial charge in [-0.3, -0.25) is 9.89 Å². The number of rotatable bonds is 2. The van der Waals surface area contributed by atoms with Gasteiger partial charge in [-0.1, -0.05) is 0 Å². The van der Waals surface area contributed by atoms with Gasteiger partial charge < -0.3 is 0 Å². The highest BCUT2D eigenvalue weighted by Gasteiger charge is 1.85. The van der Waals surface area contributed by atoms with Crippen molar-refractivity contribution in [3.8, 4) is 0 Å². The second kappa shape index (κ2) is 2.96. The van der Waals surface area contributed by atoms with Crippen molar-refractivity contribution in [1.82, 2.24) is 10.2 Å². The van der Waals surface area contributed by atoms with Crippen LogP contribution in [0, 0.1) is 0 Å². The Labute approximate surface area is 58.8 Å². The van der Waals surface area contributed by atoms with E-state index in [0.717, 1.165) is 5.56 Å². The van der Waals surface area contributed by atoms with Crippen molar-refractivity contribution in [2.24, 2.45) is 0 Å². The molecule has 1 aromatic heterocycles. The second-order valence-electron chi connectivity index (χ2n) is 1.98. The Bertz CT molecular complexity index is 236. The van der Waals surface area contributed by atoms with Crippen molar-refractivity contribution in [3.05, 3.63) is 24.0 Å². The van der Waals surface area contributed by atoms with Gasteiger partial charge in [-0.05, 0) is 19.1 Å². The van der Waals surface area contributed by atoms with Crippen molar-refractivity contribution in [3.63, 3.8) is 0 Å². The summed E-state index contributed by atoms with van der Waals surface area (Å²) in [5.74, 6) is 0.0428. The number of hydrogen-bond acceptors (Lipinski definition) is 2. The van der Waals surface area contributed by atoms with E-state index >= 15 is 0 Å². The topological polar surface area (TPSA) is 45.8 Å². The smallest absolute Gasteiger partial charge is 0.152 e. The summed E-state index contributed by atoms with van der Waals surface area (Å²) in [7, 11) is 0. The van der Waals surface area contributed by atoms with E-state index in [4.69, 9.17) is 0 Å². The molecule has 0 saturated heterocycles. The first kappa shape index (κ1) is 6.74. The first-order valence-corrected chi connectivity index (χ1v) is 2.96. The summed E-state index contributed by atoms with van der Waals surface area (Å²) >= 11 is 0. The Hall–Kier alpha value is -1.38. The van der Waals surface area contributed by atoms with Crippen LogP contribution >= 0.6 is 0 Å². The Morgan fingerprint density at radius 3 is 3.10 bits per heavy atom. The van der Waals surface area contributed by atoms with E-state index in [1.807, 2.05) is 0 Å². The molecular weight excluding hydrogens is 128 g/mol. The van der Waals surface area contributed by atoms with Gasteiger partial charge in [0, 0.05) is 11.8 Å². The predicted octanol–water partition coefficient (Wildman–Crippen LogP) is 1.01. The molecule has 1 aromatic rings. The lowest BCUT2D eigenvalue weighted by molar-refractivity contribution is -0.112. The van der Waals surface area contributed by atoms with Crippen LogP contribution in [0.5, 0.6) is 0 Å². The summed E-state index contributed by atoms with van der Waals surface area (Å²) in [6, 6.07) is 0. The summed E-state index contributed by atoms with van der Waals surface area (Å²) in [6.07, 6.45) is 6.59. The van der Waals surface area contributed by atoms with Crippen molar-refractivity contribution in [1.29, 1.82) is 0 Å². The van der Waals surface area contributed by atoms with Gasteiger partial charge in [0.15, 0.2) is 5.78 Å². The van der Waals surface area contributed by atoms with E-state index in [1.54, 1.807) is 18.5 Å². The van der Waals surface area contributed by atoms with Gasteiger partial charge in [0.05, 0.1) is 6.20 Å². The number of aromatic nitrogens is 2. The van der Waals surface area contributed by atoms with Crippen LogP contribution in [0.1, 0.15) is 12.5 Å². The molecule has 1 heterocycles. The number of nitrogens with zero attached hydrogens (tertiary/aromatic N) is 1. The van der Waals surface area contributed by atoms with Crippen LogP contribution in [-0.2, 0) is 4.79 Å². The average molecular weight is 136 g/mol. The van der Waals surface area contributed by atoms with Gasteiger partial charge >= 0.3 is 0 Å². The predicted molar refractivity (Wildman–Crippen MR) is 38.3 cm³/mol. The molecule has 0 saturated carbocycles. The Balaban J connectivity index is 2.64. The van der Waals surface area contributed by atoms with Crippen molar-refractivity contribution in [2.75, 3.05) is 0 Å². The molecule has 0 aromatic carbocycles. The largest absolute Gasteiger partial charge is 0.295 e. The Kier molecular flexibility index (Phi) is 1.99. The second-order valence-corrected chi connectivity index (χ2v) is 1.98. The summed E-state index contributed by atoms with van der Waals surface area (Å²) in [6.45, 7) is 1.51. The Morgan fingerprint density at radius 2 is 2.60 bits per heavy atom. The van der Waals surface area contributed by atoms with E-state index in [0.29, 0.717) is 0 Å². The molecule has 0 spiro atoms. The molecule has 1 rings (SSSR count). The number of hydrogen-bond donors (Lipinski definition) is 1. The van der Waals surface area contributed by atoms with Gasteiger partial charge in [-0.2, -0.15) is 5.10 Å². The maximum absolute atomic E-state index is 10.4. The zero-order chi connectivity index (χ0) is 7.40. The van der Waals surface area contributed by atoms with Crippen LogP contribution in [0.15, 0.2) is 18.5 Å². The first-order valence-electron chi connectivity index (χ1n) is 2.96. The minimum Gasteiger partial charge on any atom is -0.295 e. The van der Waals surface area contributed by atoms with E-state index < -0.39 is 0 Å². The molecular formula is C7H8N2O. The summed E-state index contributed by atoms with van der Waals surface area (Å²) in [5, 5.41) is 6.35. The van der Waals surface area contributed by atoms with Crippen LogP contribution < -0.4 is 0 Å². The standard InChI is InChI=1S/C7H8N2O/c1-6(10)2-3-7-4-8-9-5-7/h2-5H,1H3,(H,8,9)/b3-2+. The molecule has 0 aliphatic rings. The zero-order valence-corrected chi connectivity index (χ0v) is 5.66. The molecule has 0 unspecified atom stereocenters. The number of ketones is 1. The van der Waals surface area contributed by atoms with Gasteiger partial charge in [0.1, 0.15) is 0 Å². The zero-order valence-electron chi connectivity index (χ0n) is 5.66. The third kappa shape index (κ3) is 1.85. The molecule has 1 N–H and O–H groups in total. The van der Waals surface area contributed by atoms with Gasteiger partial charge in [0.25, 0.3) is 0 Å². The van der Waals surface area contributed by atoms with E-state index in [-0.39, 0.29) is 5.78 Å². The van der Waals surface area contributed by atoms with Crippen LogP contribution in [0.2, 0.25) is 0 Å². The van der Waals surface area contributed by atoms with Gasteiger partial charge in [-0.15, -0.1) is 0 Å². The lowest BCUT2D eigenvalue weighted by atomic mass is 10.3. The summed E-state index contributed by atoms with van der Waals surface area (Å²) in [5.41, 5.74) is 0.912. The molecule has 0 radical (unpaired) electrons. The molecule has 3 heteroatoms. The molecule has 0 bridgehead atoms. The quantitative estimate of drug-likeness (QED) is 0.617. The highest BCUT2D eigenvalue weighted by molar-refractivity contribution is 5.91. The number of H-pyrrole nitrogens is 1. The van der Waals surface area contributed by atoms with Gasteiger partial charge in [-0.25, -0.2) is 0 Å². The van der Waals surface area contributed by atoms with E-state index in [2.05, 4.69) is 10.2 Å². The molecule has 10 heavy (non-hydrogen) atoms. The summed E-state index contributed by atoms with van der Waals surface area (Å²) in [4.78, 5) is 10.4. The molecule has 3 nitrogen and oxygen atoms in total. The third-order valence-corrected chi connectivity index (χ3v) is 1.03. The minimum absolute atomic E-state index is 0.0428. The fourth-order valence-electron chi connectivity index (χ4n) is 0.566. The molecule has 0 aliphatic heterocycles. The van der Waals surface area contributed by atoms with Crippen molar-refractivity contribution < 1.29 is 4.79 Å². The fraction of sp³-hybridized carbons (Fsp3) is 0.143. The van der Waals surface area contributed by atoms with E-state index in [9.17, 15) is 4.79 Å². The van der Waals surface area contributed by atoms with Crippen LogP contribution in [0.4, 0.5) is 0 Å². The molecule has 0 aliphatic carbocycles. The molecule has 0 fully saturated rings. The average Bonchev–Trinajstić information content (AvgIpc) is 2.34. The monoisotopic (exact) mass is 136 g/mol. The maximum atomic E-state index is 10.4. The number of carbonyl (C=O) groups is 1. The number of allylic oxidation sites excluding steroid dienone is 1. The first-order chi connectivity index (χ1) is 4.79. The maximum Gasteiger partial charge on any atom is 0.152 e. The third-order valence-electron chi connectivity index (χ3n) is 1.03. The number of nitrogens with one attached hydrogen (secondary N) is 1. The van der Waals surface area contributed by atoms with Gasteiger partial charge in [0.2, 0.25) is 0 Å². The van der Waals surface area contributed by atoms with Crippen LogP contribution in [-0.4, -0.2) is 16.0 Å². The highest BCUT2D eigenvalue weighted by Crippen LogP contribution is 1.95. The molecule has 0 atom stereocenters. The van der Waals surface area contributed by atoms with Crippen LogP contribution in [0.3, 0.4) is 0 Å². The molecule has 52 valence electrons. The van der Waals surface area contributed by atoms with E-state index in [1.165, 1.54) is 13.0 Å². The van der Waals surface area contributed by atoms with Crippen LogP contribution in [0.25, 0.3) is 6.08 Å². The number of aromatic amines is 1. The lowest BCUT2D eigenvalue weighted by Gasteiger charge is -1.77. The normalized spacial score (nSPS) is 10.5. The minimum atomic E-state index is 0.0428. The van der Waals surface area contributed by atoms with Crippen molar-refractivity contribution in [2.45, 2.75) is 6.92 Å². The Morgan fingerprint density at radius 1 is 1.80 bits per heavy atom. The number of carbonyl (C=O) groups excluding carboxylic acids is 1. The highest BCUT2D eigenvalue weighted by atomic mass is 16.1. The SMILES string of the molecule is CC(=O)/C=C/c1cn[nH]c1. The van der Waals surface area contributed by atoms with Crippen molar-refractivity contribution >= 4 is 11.9 Å². The fourth-order valence-corrected chi connectivity index (χ4v) is 0.566. The molecule has 0 amide bonds.